The highest BCUT2D eigenvalue weighted by Gasteiger charge is 2.36. The lowest BCUT2D eigenvalue weighted by Crippen LogP contribution is -2.47. The molecule has 1 aliphatic rings. The molecule has 7 heteroatoms. The van der Waals surface area contributed by atoms with Crippen molar-refractivity contribution in [2.24, 2.45) is 0 Å². The van der Waals surface area contributed by atoms with Crippen LogP contribution in [0.2, 0.25) is 0 Å². The molecule has 36 heavy (non-hydrogen) atoms. The number of amides is 2. The van der Waals surface area contributed by atoms with Crippen molar-refractivity contribution in [2.45, 2.75) is 57.5 Å². The molecule has 1 aromatic heterocycles. The van der Waals surface area contributed by atoms with E-state index in [4.69, 9.17) is 9.47 Å². The number of nitrogens with one attached hydrogen (secondary N) is 1. The number of hydrogen-bond donors (Lipinski definition) is 1. The molecule has 2 aromatic carbocycles. The topological polar surface area (TPSA) is 67.9 Å². The molecule has 0 saturated heterocycles. The van der Waals surface area contributed by atoms with Gasteiger partial charge >= 0.3 is 0 Å². The fourth-order valence-corrected chi connectivity index (χ4v) is 5.54. The normalized spacial score (nSPS) is 14.6. The van der Waals surface area contributed by atoms with Gasteiger partial charge in [0, 0.05) is 22.2 Å². The number of aryl methyl sites for hydroxylation is 1. The number of carbonyl (C=O) groups excluding carboxylic acids is 2. The number of nitrogens with zero attached hydrogens (tertiary/aromatic N) is 1. The molecule has 1 unspecified atom stereocenters. The van der Waals surface area contributed by atoms with Crippen molar-refractivity contribution >= 4 is 28.8 Å². The van der Waals surface area contributed by atoms with Crippen LogP contribution < -0.4 is 19.7 Å². The van der Waals surface area contributed by atoms with Gasteiger partial charge in [-0.3, -0.25) is 14.5 Å². The Labute approximate surface area is 217 Å². The zero-order valence-corrected chi connectivity index (χ0v) is 22.0. The second-order valence-corrected chi connectivity index (χ2v) is 10.2. The summed E-state index contributed by atoms with van der Waals surface area (Å²) in [4.78, 5) is 30.6. The van der Waals surface area contributed by atoms with Crippen LogP contribution in [0.15, 0.2) is 60.0 Å². The third kappa shape index (κ3) is 5.90. The Hall–Kier alpha value is -3.32. The summed E-state index contributed by atoms with van der Waals surface area (Å²) in [5.74, 6) is 0.591. The number of benzene rings is 2. The highest BCUT2D eigenvalue weighted by Crippen LogP contribution is 2.39. The first-order chi connectivity index (χ1) is 17.5. The molecule has 190 valence electrons. The number of rotatable bonds is 9. The maximum atomic E-state index is 14.1. The Morgan fingerprint density at radius 2 is 1.75 bits per heavy atom. The standard InChI is InChI=1S/C29H34N2O4S/c1-20-14-16-22(17-15-20)31(26(32)19-23-11-8-18-36-23)27(29(33)30-21-9-5-4-6-10-21)24-12-7-13-25(34-2)28(24)35-3/h7-8,11-18,21,27H,4-6,9-10,19H2,1-3H3,(H,30,33). The van der Waals surface area contributed by atoms with Gasteiger partial charge in [0.1, 0.15) is 6.04 Å². The van der Waals surface area contributed by atoms with Crippen LogP contribution in [-0.4, -0.2) is 32.1 Å². The third-order valence-electron chi connectivity index (χ3n) is 6.67. The number of hydrogen-bond acceptors (Lipinski definition) is 5. The number of para-hydroxylation sites is 1. The van der Waals surface area contributed by atoms with Crippen molar-refractivity contribution in [1.82, 2.24) is 5.32 Å². The van der Waals surface area contributed by atoms with Crippen LogP contribution in [0.25, 0.3) is 0 Å². The van der Waals surface area contributed by atoms with Gasteiger partial charge in [0.2, 0.25) is 11.8 Å². The Kier molecular flexibility index (Phi) is 8.65. The van der Waals surface area contributed by atoms with Crippen LogP contribution in [0.1, 0.15) is 54.1 Å². The predicted molar refractivity (Wildman–Crippen MR) is 144 cm³/mol. The maximum absolute atomic E-state index is 14.1. The minimum Gasteiger partial charge on any atom is -0.493 e. The van der Waals surface area contributed by atoms with Gasteiger partial charge in [-0.05, 0) is 49.4 Å². The number of thiophene rings is 1. The largest absolute Gasteiger partial charge is 0.493 e. The second kappa shape index (κ2) is 12.1. The molecule has 0 bridgehead atoms. The average molecular weight is 507 g/mol. The van der Waals surface area contributed by atoms with Gasteiger partial charge in [0.15, 0.2) is 11.5 Å². The molecule has 0 radical (unpaired) electrons. The number of methoxy groups -OCH3 is 2. The Morgan fingerprint density at radius 3 is 2.39 bits per heavy atom. The van der Waals surface area contributed by atoms with Gasteiger partial charge in [0.25, 0.3) is 0 Å². The molecule has 6 nitrogen and oxygen atoms in total. The molecule has 1 atom stereocenters. The van der Waals surface area contributed by atoms with Crippen LogP contribution in [0, 0.1) is 6.92 Å². The molecule has 1 aliphatic carbocycles. The molecule has 4 rings (SSSR count). The smallest absolute Gasteiger partial charge is 0.248 e. The maximum Gasteiger partial charge on any atom is 0.248 e. The van der Waals surface area contributed by atoms with Gasteiger partial charge in [-0.15, -0.1) is 11.3 Å². The Bertz CT molecular complexity index is 1150. The summed E-state index contributed by atoms with van der Waals surface area (Å²) in [6, 6.07) is 16.2. The van der Waals surface area contributed by atoms with E-state index in [-0.39, 0.29) is 24.3 Å². The fourth-order valence-electron chi connectivity index (χ4n) is 4.84. The summed E-state index contributed by atoms with van der Waals surface area (Å²) in [5, 5.41) is 5.21. The summed E-state index contributed by atoms with van der Waals surface area (Å²) in [7, 11) is 3.12. The Balaban J connectivity index is 1.82. The van der Waals surface area contributed by atoms with Crippen molar-refractivity contribution in [3.05, 3.63) is 76.0 Å². The number of anilines is 1. The van der Waals surface area contributed by atoms with E-state index in [1.807, 2.05) is 60.8 Å². The first-order valence-electron chi connectivity index (χ1n) is 12.4. The quantitative estimate of drug-likeness (QED) is 0.396. The number of ether oxygens (including phenoxy) is 2. The van der Waals surface area contributed by atoms with Crippen LogP contribution in [-0.2, 0) is 16.0 Å². The minimum absolute atomic E-state index is 0.0950. The minimum atomic E-state index is -0.924. The molecule has 0 aliphatic heterocycles. The molecular weight excluding hydrogens is 472 g/mol. The van der Waals surface area contributed by atoms with Gasteiger partial charge in [-0.25, -0.2) is 0 Å². The van der Waals surface area contributed by atoms with Gasteiger partial charge in [-0.1, -0.05) is 55.2 Å². The van der Waals surface area contributed by atoms with Crippen LogP contribution in [0.4, 0.5) is 5.69 Å². The first kappa shape index (κ1) is 25.8. The summed E-state index contributed by atoms with van der Waals surface area (Å²) in [6.45, 7) is 2.00. The van der Waals surface area contributed by atoms with Gasteiger partial charge in [-0.2, -0.15) is 0 Å². The lowest BCUT2D eigenvalue weighted by molar-refractivity contribution is -0.127. The Morgan fingerprint density at radius 1 is 1.00 bits per heavy atom. The third-order valence-corrected chi connectivity index (χ3v) is 7.55. The van der Waals surface area contributed by atoms with E-state index in [0.29, 0.717) is 22.7 Å². The van der Waals surface area contributed by atoms with Crippen molar-refractivity contribution < 1.29 is 19.1 Å². The average Bonchev–Trinajstić information content (AvgIpc) is 3.41. The fraction of sp³-hybridized carbons (Fsp3) is 0.379. The zero-order chi connectivity index (χ0) is 25.5. The summed E-state index contributed by atoms with van der Waals surface area (Å²) in [6.07, 6.45) is 5.47. The van der Waals surface area contributed by atoms with E-state index in [2.05, 4.69) is 5.32 Å². The van der Waals surface area contributed by atoms with E-state index in [9.17, 15) is 9.59 Å². The van der Waals surface area contributed by atoms with Crippen LogP contribution in [0.5, 0.6) is 11.5 Å². The van der Waals surface area contributed by atoms with Crippen LogP contribution in [0.3, 0.4) is 0 Å². The molecule has 0 spiro atoms. The zero-order valence-electron chi connectivity index (χ0n) is 21.2. The van der Waals surface area contributed by atoms with Crippen LogP contribution >= 0.6 is 11.3 Å². The lowest BCUT2D eigenvalue weighted by atomic mass is 9.94. The molecule has 1 N–H and O–H groups in total. The number of carbonyl (C=O) groups is 2. The molecule has 1 saturated carbocycles. The summed E-state index contributed by atoms with van der Waals surface area (Å²) in [5.41, 5.74) is 2.33. The second-order valence-electron chi connectivity index (χ2n) is 9.18. The molecule has 2 amide bonds. The summed E-state index contributed by atoms with van der Waals surface area (Å²) < 4.78 is 11.3. The van der Waals surface area contributed by atoms with E-state index in [0.717, 1.165) is 36.1 Å². The van der Waals surface area contributed by atoms with E-state index in [1.54, 1.807) is 25.2 Å². The predicted octanol–water partition coefficient (Wildman–Crippen LogP) is 5.84. The molecule has 1 heterocycles. The monoisotopic (exact) mass is 506 g/mol. The highest BCUT2D eigenvalue weighted by molar-refractivity contribution is 7.10. The SMILES string of the molecule is COc1cccc(C(C(=O)NC2CCCCC2)N(C(=O)Cc2cccs2)c2ccc(C)cc2)c1OC. The first-order valence-corrected chi connectivity index (χ1v) is 13.3. The van der Waals surface area contributed by atoms with Crippen molar-refractivity contribution in [1.29, 1.82) is 0 Å². The lowest BCUT2D eigenvalue weighted by Gasteiger charge is -2.34. The van der Waals surface area contributed by atoms with Crippen molar-refractivity contribution in [3.63, 3.8) is 0 Å². The van der Waals surface area contributed by atoms with Gasteiger partial charge < -0.3 is 14.8 Å². The molecule has 3 aromatic rings. The van der Waals surface area contributed by atoms with Crippen molar-refractivity contribution in [3.8, 4) is 11.5 Å². The molecule has 1 fully saturated rings. The van der Waals surface area contributed by atoms with Crippen molar-refractivity contribution in [2.75, 3.05) is 19.1 Å². The van der Waals surface area contributed by atoms with Gasteiger partial charge in [0.05, 0.1) is 20.6 Å². The van der Waals surface area contributed by atoms with E-state index >= 15 is 0 Å². The highest BCUT2D eigenvalue weighted by atomic mass is 32.1. The summed E-state index contributed by atoms with van der Waals surface area (Å²) >= 11 is 1.53. The van der Waals surface area contributed by atoms with E-state index < -0.39 is 6.04 Å². The van der Waals surface area contributed by atoms with E-state index in [1.165, 1.54) is 17.8 Å². The molecular formula is C29H34N2O4S.